The van der Waals surface area contributed by atoms with E-state index in [0.717, 1.165) is 22.5 Å². The van der Waals surface area contributed by atoms with Crippen molar-refractivity contribution in [1.82, 2.24) is 0 Å². The summed E-state index contributed by atoms with van der Waals surface area (Å²) >= 11 is 0. The van der Waals surface area contributed by atoms with Gasteiger partial charge in [0.05, 0.1) is 9.79 Å². The van der Waals surface area contributed by atoms with E-state index in [4.69, 9.17) is 23.8 Å². The van der Waals surface area contributed by atoms with Gasteiger partial charge in [0.1, 0.15) is 0 Å². The van der Waals surface area contributed by atoms with Crippen molar-refractivity contribution in [2.24, 2.45) is 5.14 Å². The molecule has 0 fully saturated rings. The molecule has 0 saturated heterocycles. The van der Waals surface area contributed by atoms with Crippen LogP contribution in [0.15, 0.2) is 101 Å². The third-order valence-corrected chi connectivity index (χ3v) is 8.20. The number of sulfonamides is 2. The van der Waals surface area contributed by atoms with E-state index in [1.807, 2.05) is 60.9 Å². The summed E-state index contributed by atoms with van der Waals surface area (Å²) in [5.74, 6) is -0.252. The Morgan fingerprint density at radius 2 is 1.21 bits per heavy atom. The molecule has 4 N–H and O–H groups in total. The number of rotatable bonds is 8. The minimum atomic E-state index is -4.94. The molecule has 228 valence electrons. The molecular formula is C27H27ClN4O9S2. The second-order valence-electron chi connectivity index (χ2n) is 9.10. The van der Waals surface area contributed by atoms with Crippen molar-refractivity contribution in [3.05, 3.63) is 102 Å². The number of nitrogens with one attached hydrogen (secondary N) is 2. The van der Waals surface area contributed by atoms with Crippen molar-refractivity contribution < 1.29 is 55.1 Å². The predicted octanol–water partition coefficient (Wildman–Crippen LogP) is -1.41. The summed E-state index contributed by atoms with van der Waals surface area (Å²) in [4.78, 5) is 12.6. The lowest BCUT2D eigenvalue weighted by molar-refractivity contribution is -2.00. The number of hydrogen-bond acceptors (Lipinski definition) is 9. The smallest absolute Gasteiger partial charge is 0.290 e. The molecule has 16 heteroatoms. The fraction of sp³-hybridized carbons (Fsp3) is 0.111. The molecule has 0 aliphatic rings. The first-order valence-corrected chi connectivity index (χ1v) is 16.4. The van der Waals surface area contributed by atoms with Gasteiger partial charge in [0.15, 0.2) is 11.4 Å². The Hall–Kier alpha value is -3.93. The van der Waals surface area contributed by atoms with E-state index < -0.39 is 30.3 Å². The summed E-state index contributed by atoms with van der Waals surface area (Å²) in [6.45, 7) is 3.99. The predicted molar refractivity (Wildman–Crippen MR) is 145 cm³/mol. The molecule has 0 atom stereocenters. The average molecular weight is 651 g/mol. The molecule has 1 amide bonds. The first kappa shape index (κ1) is 33.6. The largest absolute Gasteiger partial charge is 0.321 e. The molecule has 4 aromatic rings. The zero-order chi connectivity index (χ0) is 32.0. The second-order valence-corrected chi connectivity index (χ2v) is 13.1. The van der Waals surface area contributed by atoms with E-state index in [2.05, 4.69) is 10.0 Å². The third kappa shape index (κ3) is 10.4. The Balaban J connectivity index is 0.000000934. The number of hydrogen-bond donors (Lipinski definition) is 3. The standard InChI is InChI=1S/C27H26N4O5S2.ClHO4/c1-19-16-22(21-6-4-3-5-7-21)17-20(2)31(19)18-27(32)29-23-8-14-26(15-9-23)38(35,36)30-24-10-12-25(13-11-24)37(28,33)34;2-1(3,4)5/h3-17,30H,18H2,1-2H3,(H2-,28,29,32,33,34);(H,2,3,4,5). The first-order chi connectivity index (χ1) is 19.9. The van der Waals surface area contributed by atoms with E-state index >= 15 is 0 Å². The van der Waals surface area contributed by atoms with E-state index in [0.29, 0.717) is 5.69 Å². The zero-order valence-electron chi connectivity index (χ0n) is 22.8. The topological polar surface area (TPSA) is 232 Å². The van der Waals surface area contributed by atoms with Gasteiger partial charge in [-0.25, -0.2) is 40.6 Å². The highest BCUT2D eigenvalue weighted by Gasteiger charge is 2.19. The molecule has 0 radical (unpaired) electrons. The number of amides is 1. The van der Waals surface area contributed by atoms with Gasteiger partial charge < -0.3 is 5.32 Å². The highest BCUT2D eigenvalue weighted by atomic mass is 35.7. The number of pyridine rings is 1. The summed E-state index contributed by atoms with van der Waals surface area (Å²) in [6.07, 6.45) is 0. The number of nitrogens with two attached hydrogens (primary N) is 1. The molecule has 0 bridgehead atoms. The molecule has 4 rings (SSSR count). The number of carbonyl (C=O) groups is 1. The van der Waals surface area contributed by atoms with Crippen molar-refractivity contribution in [3.63, 3.8) is 0 Å². The van der Waals surface area contributed by atoms with Gasteiger partial charge in [-0.05, 0) is 59.7 Å². The van der Waals surface area contributed by atoms with Gasteiger partial charge >= 0.3 is 0 Å². The molecular weight excluding hydrogens is 624 g/mol. The number of aromatic nitrogens is 1. The molecule has 43 heavy (non-hydrogen) atoms. The van der Waals surface area contributed by atoms with Crippen LogP contribution < -0.4 is 38.4 Å². The van der Waals surface area contributed by atoms with Crippen LogP contribution in [0.1, 0.15) is 11.4 Å². The fourth-order valence-electron chi connectivity index (χ4n) is 3.96. The average Bonchev–Trinajstić information content (AvgIpc) is 2.90. The molecule has 0 unspecified atom stereocenters. The van der Waals surface area contributed by atoms with Gasteiger partial charge in [-0.3, -0.25) is 9.52 Å². The van der Waals surface area contributed by atoms with Gasteiger partial charge in [-0.1, -0.05) is 30.3 Å². The minimum absolute atomic E-state index is 0.0245. The number of nitrogens with zero attached hydrogens (tertiary/aromatic N) is 1. The molecule has 0 aliphatic carbocycles. The van der Waals surface area contributed by atoms with Crippen LogP contribution in [0.5, 0.6) is 0 Å². The summed E-state index contributed by atoms with van der Waals surface area (Å²) in [6, 6.07) is 24.8. The van der Waals surface area contributed by atoms with Crippen LogP contribution in [0.3, 0.4) is 0 Å². The molecule has 0 spiro atoms. The zero-order valence-corrected chi connectivity index (χ0v) is 25.1. The summed E-state index contributed by atoms with van der Waals surface area (Å²) in [5, 5.41) is 7.86. The molecule has 1 heterocycles. The maximum Gasteiger partial charge on any atom is 0.290 e. The van der Waals surface area contributed by atoms with E-state index in [9.17, 15) is 21.6 Å². The molecule has 3 aromatic carbocycles. The number of anilines is 2. The van der Waals surface area contributed by atoms with Gasteiger partial charge in [-0.15, -0.1) is 10.2 Å². The second kappa shape index (κ2) is 13.6. The van der Waals surface area contributed by atoms with Crippen LogP contribution in [-0.4, -0.2) is 22.7 Å². The lowest BCUT2D eigenvalue weighted by atomic mass is 10.0. The van der Waals surface area contributed by atoms with Crippen molar-refractivity contribution in [2.75, 3.05) is 10.0 Å². The number of carbonyl (C=O) groups excluding carboxylic acids is 1. The molecule has 0 saturated carbocycles. The monoisotopic (exact) mass is 650 g/mol. The van der Waals surface area contributed by atoms with Gasteiger partial charge in [-0.2, -0.15) is 4.57 Å². The molecule has 1 aromatic heterocycles. The number of aryl methyl sites for hydroxylation is 2. The van der Waals surface area contributed by atoms with Crippen molar-refractivity contribution in [3.8, 4) is 11.1 Å². The Kier molecular flexibility index (Phi) is 10.6. The number of benzene rings is 3. The van der Waals surface area contributed by atoms with Crippen LogP contribution >= 0.6 is 0 Å². The van der Waals surface area contributed by atoms with Crippen LogP contribution in [0.2, 0.25) is 0 Å². The first-order valence-electron chi connectivity index (χ1n) is 12.2. The Morgan fingerprint density at radius 1 is 0.744 bits per heavy atom. The lowest BCUT2D eigenvalue weighted by Gasteiger charge is -2.17. The summed E-state index contributed by atoms with van der Waals surface area (Å²) in [5.41, 5.74) is 4.66. The maximum atomic E-state index is 12.7. The van der Waals surface area contributed by atoms with Gasteiger partial charge in [0.25, 0.3) is 15.9 Å². The summed E-state index contributed by atoms with van der Waals surface area (Å²) < 4.78 is 86.4. The van der Waals surface area contributed by atoms with Gasteiger partial charge in [0.2, 0.25) is 16.6 Å². The lowest BCUT2D eigenvalue weighted by Crippen LogP contribution is -2.68. The fourth-order valence-corrected chi connectivity index (χ4v) is 5.53. The van der Waals surface area contributed by atoms with Crippen molar-refractivity contribution in [1.29, 1.82) is 0 Å². The molecule has 13 nitrogen and oxygen atoms in total. The van der Waals surface area contributed by atoms with Crippen molar-refractivity contribution >= 4 is 37.3 Å². The Morgan fingerprint density at radius 3 is 1.70 bits per heavy atom. The highest BCUT2D eigenvalue weighted by Crippen LogP contribution is 2.21. The normalized spacial score (nSPS) is 11.7. The molecule has 0 aliphatic heterocycles. The van der Waals surface area contributed by atoms with Crippen LogP contribution in [0.25, 0.3) is 11.1 Å². The number of halogens is 1. The van der Waals surface area contributed by atoms with Crippen LogP contribution in [-0.2, 0) is 31.4 Å². The highest BCUT2D eigenvalue weighted by molar-refractivity contribution is 7.92. The minimum Gasteiger partial charge on any atom is -0.321 e. The third-order valence-electron chi connectivity index (χ3n) is 5.87. The summed E-state index contributed by atoms with van der Waals surface area (Å²) in [7, 11) is -12.8. The Bertz CT molecular complexity index is 1770. The maximum absolute atomic E-state index is 12.7. The van der Waals surface area contributed by atoms with E-state index in [1.54, 1.807) is 0 Å². The number of primary sulfonamides is 1. The SMILES string of the molecule is Cc1cc(-c2ccccc2)cc(C)[n+]1CC(=O)Nc1ccc(S(=O)(=O)Nc2ccc(S(N)(=O)=O)cc2)cc1.[O-][Cl+3]([O-])([O-])[O-]. The van der Waals surface area contributed by atoms with Crippen LogP contribution in [0.4, 0.5) is 11.4 Å². The van der Waals surface area contributed by atoms with Crippen LogP contribution in [0, 0.1) is 24.1 Å². The van der Waals surface area contributed by atoms with E-state index in [1.165, 1.54) is 48.5 Å². The van der Waals surface area contributed by atoms with Crippen molar-refractivity contribution in [2.45, 2.75) is 30.2 Å². The Labute approximate surface area is 250 Å². The van der Waals surface area contributed by atoms with Gasteiger partial charge in [0, 0.05) is 37.4 Å². The van der Waals surface area contributed by atoms with E-state index in [-0.39, 0.29) is 27.9 Å². The quantitative estimate of drug-likeness (QED) is 0.190.